The minimum Gasteiger partial charge on any atom is -0.441 e. The fourth-order valence-electron chi connectivity index (χ4n) is 4.11. The highest BCUT2D eigenvalue weighted by Crippen LogP contribution is 2.31. The Bertz CT molecular complexity index is 1280. The molecule has 0 aliphatic carbocycles. The topological polar surface area (TPSA) is 67.2 Å². The van der Waals surface area contributed by atoms with Gasteiger partial charge in [0.25, 0.3) is 0 Å². The molecule has 0 saturated heterocycles. The molecule has 0 saturated carbocycles. The van der Waals surface area contributed by atoms with E-state index < -0.39 is 17.8 Å². The zero-order valence-electron chi connectivity index (χ0n) is 19.4. The van der Waals surface area contributed by atoms with Gasteiger partial charge in [-0.1, -0.05) is 48.5 Å². The van der Waals surface area contributed by atoms with E-state index in [1.165, 1.54) is 12.1 Å². The first kappa shape index (κ1) is 24.5. The number of nitrogens with one attached hydrogen (secondary N) is 2. The molecule has 1 unspecified atom stereocenters. The van der Waals surface area contributed by atoms with Crippen molar-refractivity contribution >= 4 is 17.0 Å². The average molecular weight is 482 g/mol. The van der Waals surface area contributed by atoms with Crippen molar-refractivity contribution in [3.05, 3.63) is 101 Å². The van der Waals surface area contributed by atoms with E-state index in [1.54, 1.807) is 14.0 Å². The van der Waals surface area contributed by atoms with Crippen LogP contribution in [-0.4, -0.2) is 17.9 Å². The lowest BCUT2D eigenvalue weighted by Crippen LogP contribution is -2.38. The summed E-state index contributed by atoms with van der Waals surface area (Å²) in [4.78, 5) is 17.1. The molecule has 1 aromatic heterocycles. The van der Waals surface area contributed by atoms with Crippen LogP contribution in [0.25, 0.3) is 11.1 Å². The lowest BCUT2D eigenvalue weighted by molar-refractivity contribution is -0.137. The van der Waals surface area contributed by atoms with Crippen molar-refractivity contribution < 1.29 is 22.4 Å². The highest BCUT2D eigenvalue weighted by molar-refractivity contribution is 5.83. The smallest absolute Gasteiger partial charge is 0.416 e. The first-order valence-corrected chi connectivity index (χ1v) is 11.3. The van der Waals surface area contributed by atoms with E-state index in [1.807, 2.05) is 48.5 Å². The highest BCUT2D eigenvalue weighted by atomic mass is 19.4. The molecule has 182 valence electrons. The summed E-state index contributed by atoms with van der Waals surface area (Å²) in [5.74, 6) is 0.367. The quantitative estimate of drug-likeness (QED) is 0.329. The van der Waals surface area contributed by atoms with Gasteiger partial charge < -0.3 is 9.73 Å². The van der Waals surface area contributed by atoms with Crippen LogP contribution in [0.3, 0.4) is 0 Å². The van der Waals surface area contributed by atoms with Crippen molar-refractivity contribution in [2.45, 2.75) is 38.0 Å². The molecule has 2 N–H and O–H groups in total. The van der Waals surface area contributed by atoms with Gasteiger partial charge in [0.1, 0.15) is 11.6 Å². The molecule has 0 aliphatic heterocycles. The van der Waals surface area contributed by atoms with Crippen LogP contribution < -0.4 is 10.6 Å². The second-order valence-electron chi connectivity index (χ2n) is 8.37. The second-order valence-corrected chi connectivity index (χ2v) is 8.37. The van der Waals surface area contributed by atoms with E-state index in [0.717, 1.165) is 34.3 Å². The summed E-state index contributed by atoms with van der Waals surface area (Å²) in [6.45, 7) is 1.77. The highest BCUT2D eigenvalue weighted by Gasteiger charge is 2.30. The van der Waals surface area contributed by atoms with E-state index in [0.29, 0.717) is 24.3 Å². The van der Waals surface area contributed by atoms with Crippen molar-refractivity contribution in [1.82, 2.24) is 15.6 Å². The standard InChI is InChI=1S/C27H26F3N3O2/c1-17-32-23-15-11-20(16-24(23)35-17)22(14-10-18-8-12-21(13-9-18)27(28,29)30)33-25(26(34)31-2)19-6-4-3-5-7-19/h3-9,11-13,15-16,22,25,33H,10,14H2,1-2H3,(H,31,34)/t22-,25?/m1/s1. The number of aromatic nitrogens is 1. The van der Waals surface area contributed by atoms with Crippen molar-refractivity contribution in [2.75, 3.05) is 7.05 Å². The van der Waals surface area contributed by atoms with E-state index in [2.05, 4.69) is 15.6 Å². The van der Waals surface area contributed by atoms with Gasteiger partial charge in [0.05, 0.1) is 5.56 Å². The Morgan fingerprint density at radius 1 is 1.00 bits per heavy atom. The fourth-order valence-corrected chi connectivity index (χ4v) is 4.11. The summed E-state index contributed by atoms with van der Waals surface area (Å²) in [5, 5.41) is 6.17. The maximum absolute atomic E-state index is 12.9. The molecule has 0 bridgehead atoms. The number of amides is 1. The molecule has 1 heterocycles. The number of hydrogen-bond donors (Lipinski definition) is 2. The molecule has 2 atom stereocenters. The molecular weight excluding hydrogens is 455 g/mol. The van der Waals surface area contributed by atoms with E-state index in [-0.39, 0.29) is 11.9 Å². The van der Waals surface area contributed by atoms with Crippen molar-refractivity contribution in [3.63, 3.8) is 0 Å². The average Bonchev–Trinajstić information content (AvgIpc) is 3.23. The number of hydrogen-bond acceptors (Lipinski definition) is 4. The Labute approximate surface area is 201 Å². The zero-order chi connectivity index (χ0) is 25.0. The zero-order valence-corrected chi connectivity index (χ0v) is 19.4. The predicted molar refractivity (Wildman–Crippen MR) is 128 cm³/mol. The Kier molecular flexibility index (Phi) is 7.21. The number of nitrogens with zero attached hydrogens (tertiary/aromatic N) is 1. The summed E-state index contributed by atoms with van der Waals surface area (Å²) in [6, 6.07) is 19.3. The van der Waals surface area contributed by atoms with Crippen molar-refractivity contribution in [2.24, 2.45) is 0 Å². The van der Waals surface area contributed by atoms with Crippen LogP contribution in [0.15, 0.2) is 77.2 Å². The van der Waals surface area contributed by atoms with Gasteiger partial charge in [-0.3, -0.25) is 10.1 Å². The summed E-state index contributed by atoms with van der Waals surface area (Å²) < 4.78 is 44.5. The van der Waals surface area contributed by atoms with Crippen LogP contribution in [0.1, 0.15) is 46.6 Å². The number of rotatable bonds is 8. The van der Waals surface area contributed by atoms with Gasteiger partial charge in [0.2, 0.25) is 5.91 Å². The van der Waals surface area contributed by atoms with Crippen LogP contribution >= 0.6 is 0 Å². The Balaban J connectivity index is 1.63. The minimum atomic E-state index is -4.37. The molecule has 4 rings (SSSR count). The largest absolute Gasteiger partial charge is 0.441 e. The number of carbonyl (C=O) groups is 1. The van der Waals surface area contributed by atoms with Gasteiger partial charge in [-0.25, -0.2) is 4.98 Å². The van der Waals surface area contributed by atoms with E-state index in [4.69, 9.17) is 4.42 Å². The number of benzene rings is 3. The van der Waals surface area contributed by atoms with Crippen LogP contribution in [0.2, 0.25) is 0 Å². The van der Waals surface area contributed by atoms with E-state index >= 15 is 0 Å². The van der Waals surface area contributed by atoms with Gasteiger partial charge in [-0.05, 0) is 53.8 Å². The van der Waals surface area contributed by atoms with Crippen molar-refractivity contribution in [3.8, 4) is 0 Å². The number of aryl methyl sites for hydroxylation is 2. The molecule has 5 nitrogen and oxygen atoms in total. The molecule has 8 heteroatoms. The summed E-state index contributed by atoms with van der Waals surface area (Å²) in [6.07, 6.45) is -3.31. The first-order chi connectivity index (χ1) is 16.7. The minimum absolute atomic E-state index is 0.188. The van der Waals surface area contributed by atoms with Crippen LogP contribution in [0.4, 0.5) is 13.2 Å². The molecule has 0 fully saturated rings. The van der Waals surface area contributed by atoms with Gasteiger partial charge in [0.15, 0.2) is 11.5 Å². The number of fused-ring (bicyclic) bond motifs is 1. The molecule has 35 heavy (non-hydrogen) atoms. The third kappa shape index (κ3) is 5.89. The number of oxazole rings is 1. The van der Waals surface area contributed by atoms with Crippen LogP contribution in [0, 0.1) is 6.92 Å². The molecule has 0 aliphatic rings. The van der Waals surface area contributed by atoms with Gasteiger partial charge in [-0.2, -0.15) is 13.2 Å². The third-order valence-electron chi connectivity index (χ3n) is 5.93. The molecule has 0 radical (unpaired) electrons. The molecular formula is C27H26F3N3O2. The summed E-state index contributed by atoms with van der Waals surface area (Å²) in [7, 11) is 1.58. The van der Waals surface area contributed by atoms with Crippen LogP contribution in [0.5, 0.6) is 0 Å². The summed E-state index contributed by atoms with van der Waals surface area (Å²) in [5.41, 5.74) is 3.17. The number of alkyl halides is 3. The maximum Gasteiger partial charge on any atom is 0.416 e. The lowest BCUT2D eigenvalue weighted by Gasteiger charge is -2.26. The molecule has 4 aromatic rings. The number of halogens is 3. The Hall–Kier alpha value is -3.65. The molecule has 3 aromatic carbocycles. The Morgan fingerprint density at radius 2 is 1.71 bits per heavy atom. The lowest BCUT2D eigenvalue weighted by atomic mass is 9.95. The summed E-state index contributed by atoms with van der Waals surface area (Å²) >= 11 is 0. The Morgan fingerprint density at radius 3 is 2.37 bits per heavy atom. The number of likely N-dealkylation sites (N-methyl/N-ethyl adjacent to an activating group) is 1. The normalized spacial score (nSPS) is 13.5. The monoisotopic (exact) mass is 481 g/mol. The predicted octanol–water partition coefficient (Wildman–Crippen LogP) is 5.91. The van der Waals surface area contributed by atoms with Crippen molar-refractivity contribution in [1.29, 1.82) is 0 Å². The first-order valence-electron chi connectivity index (χ1n) is 11.3. The van der Waals surface area contributed by atoms with E-state index in [9.17, 15) is 18.0 Å². The third-order valence-corrected chi connectivity index (χ3v) is 5.93. The fraction of sp³-hybridized carbons (Fsp3) is 0.259. The molecule has 1 amide bonds. The van der Waals surface area contributed by atoms with Gasteiger partial charge >= 0.3 is 6.18 Å². The van der Waals surface area contributed by atoms with Crippen LogP contribution in [-0.2, 0) is 17.4 Å². The number of carbonyl (C=O) groups excluding carboxylic acids is 1. The maximum atomic E-state index is 12.9. The molecule has 0 spiro atoms. The SMILES string of the molecule is CNC(=O)C(N[C@H](CCc1ccc(C(F)(F)F)cc1)c1ccc2nc(C)oc2c1)c1ccccc1. The van der Waals surface area contributed by atoms with Gasteiger partial charge in [-0.15, -0.1) is 0 Å². The second kappa shape index (κ2) is 10.3. The van der Waals surface area contributed by atoms with Gasteiger partial charge in [0, 0.05) is 20.0 Å².